The second-order valence-corrected chi connectivity index (χ2v) is 9.56. The molecule has 0 spiro atoms. The van der Waals surface area contributed by atoms with Gasteiger partial charge in [0.15, 0.2) is 5.82 Å². The Morgan fingerprint density at radius 3 is 2.50 bits per heavy atom. The summed E-state index contributed by atoms with van der Waals surface area (Å²) < 4.78 is 36.8. The van der Waals surface area contributed by atoms with Crippen LogP contribution in [0.4, 0.5) is 14.6 Å². The summed E-state index contributed by atoms with van der Waals surface area (Å²) in [6.45, 7) is 0.552. The fourth-order valence-corrected chi connectivity index (χ4v) is 5.21. The van der Waals surface area contributed by atoms with E-state index in [4.69, 9.17) is 10.5 Å². The second-order valence-electron chi connectivity index (χ2n) is 9.56. The van der Waals surface area contributed by atoms with Gasteiger partial charge in [-0.3, -0.25) is 19.2 Å². The first-order chi connectivity index (χ1) is 17.2. The Morgan fingerprint density at radius 2 is 1.94 bits per heavy atom. The number of carbonyl (C=O) groups excluding carboxylic acids is 2. The van der Waals surface area contributed by atoms with Gasteiger partial charge < -0.3 is 20.5 Å². The van der Waals surface area contributed by atoms with Crippen LogP contribution in [0.5, 0.6) is 11.5 Å². The van der Waals surface area contributed by atoms with Gasteiger partial charge in [0.25, 0.3) is 5.91 Å². The number of anilines is 1. The van der Waals surface area contributed by atoms with E-state index in [0.29, 0.717) is 44.1 Å². The van der Waals surface area contributed by atoms with Crippen molar-refractivity contribution in [2.45, 2.75) is 62.8 Å². The number of halogens is 2. The number of rotatable bonds is 10. The summed E-state index contributed by atoms with van der Waals surface area (Å²) in [5, 5.41) is 16.3. The third-order valence-corrected chi connectivity index (χ3v) is 6.96. The van der Waals surface area contributed by atoms with Crippen molar-refractivity contribution in [2.75, 3.05) is 18.4 Å². The number of hydrogen-bond acceptors (Lipinski definition) is 7. The molecule has 1 aliphatic carbocycles. The molecule has 192 valence electrons. The van der Waals surface area contributed by atoms with Gasteiger partial charge in [-0.1, -0.05) is 0 Å². The lowest BCUT2D eigenvalue weighted by Crippen LogP contribution is -2.66. The summed E-state index contributed by atoms with van der Waals surface area (Å²) in [4.78, 5) is 25.0. The van der Waals surface area contributed by atoms with Crippen LogP contribution in [0.2, 0.25) is 0 Å². The fourth-order valence-electron chi connectivity index (χ4n) is 5.21. The average Bonchev–Trinajstić information content (AvgIpc) is 3.24. The molecule has 1 aliphatic heterocycles. The van der Waals surface area contributed by atoms with E-state index in [1.165, 1.54) is 18.3 Å². The summed E-state index contributed by atoms with van der Waals surface area (Å²) >= 11 is 0. The lowest BCUT2D eigenvalue weighted by Gasteiger charge is -2.53. The van der Waals surface area contributed by atoms with Crippen LogP contribution in [0.25, 0.3) is 0 Å². The highest BCUT2D eigenvalue weighted by molar-refractivity contribution is 5.99. The van der Waals surface area contributed by atoms with Crippen molar-refractivity contribution in [1.82, 2.24) is 14.7 Å². The van der Waals surface area contributed by atoms with Gasteiger partial charge in [0.1, 0.15) is 22.7 Å². The molecule has 4 rings (SSSR count). The molecule has 36 heavy (non-hydrogen) atoms. The number of nitrogens with zero attached hydrogens (tertiary/aromatic N) is 4. The van der Waals surface area contributed by atoms with E-state index >= 15 is 0 Å². The molecule has 1 aromatic carbocycles. The van der Waals surface area contributed by atoms with E-state index in [9.17, 15) is 23.6 Å². The van der Waals surface area contributed by atoms with Crippen LogP contribution in [0.3, 0.4) is 0 Å². The van der Waals surface area contributed by atoms with Gasteiger partial charge in [0.2, 0.25) is 6.41 Å². The molecule has 0 bridgehead atoms. The van der Waals surface area contributed by atoms with E-state index in [2.05, 4.69) is 26.1 Å². The predicted molar refractivity (Wildman–Crippen MR) is 125 cm³/mol. The van der Waals surface area contributed by atoms with Crippen LogP contribution in [-0.2, 0) is 10.3 Å². The zero-order valence-electron chi connectivity index (χ0n) is 19.8. The van der Waals surface area contributed by atoms with Gasteiger partial charge in [0.05, 0.1) is 18.0 Å². The number of benzene rings is 1. The second kappa shape index (κ2) is 10.1. The number of nitrogens with one attached hydrogen (secondary N) is 1. The van der Waals surface area contributed by atoms with Crippen molar-refractivity contribution in [3.8, 4) is 17.6 Å². The van der Waals surface area contributed by atoms with Crippen LogP contribution in [0.15, 0.2) is 30.5 Å². The molecule has 2 aromatic rings. The van der Waals surface area contributed by atoms with Crippen LogP contribution in [0.1, 0.15) is 49.4 Å². The molecule has 2 amide bonds. The maximum Gasteiger partial charge on any atom is 0.387 e. The van der Waals surface area contributed by atoms with E-state index in [1.807, 2.05) is 6.92 Å². The van der Waals surface area contributed by atoms with Gasteiger partial charge >= 0.3 is 6.61 Å². The number of nitriles is 1. The number of hydrogen-bond donors (Lipinski definition) is 2. The Morgan fingerprint density at radius 1 is 1.31 bits per heavy atom. The number of amides is 2. The minimum atomic E-state index is -2.87. The molecular formula is C24H28F2N6O4. The Balaban J connectivity index is 1.36. The summed E-state index contributed by atoms with van der Waals surface area (Å²) in [7, 11) is 0. The lowest BCUT2D eigenvalue weighted by molar-refractivity contribution is -0.105. The molecule has 12 heteroatoms. The predicted octanol–water partition coefficient (Wildman–Crippen LogP) is 2.86. The van der Waals surface area contributed by atoms with Crippen LogP contribution in [0, 0.1) is 11.3 Å². The van der Waals surface area contributed by atoms with Crippen LogP contribution >= 0.6 is 0 Å². The van der Waals surface area contributed by atoms with Crippen molar-refractivity contribution in [1.29, 1.82) is 5.26 Å². The first kappa shape index (κ1) is 25.4. The molecule has 2 aliphatic rings. The maximum absolute atomic E-state index is 12.3. The van der Waals surface area contributed by atoms with Crippen molar-refractivity contribution >= 4 is 18.1 Å². The lowest BCUT2D eigenvalue weighted by atomic mass is 9.76. The molecule has 0 atom stereocenters. The highest BCUT2D eigenvalue weighted by Crippen LogP contribution is 2.42. The van der Waals surface area contributed by atoms with E-state index in [1.54, 1.807) is 16.8 Å². The van der Waals surface area contributed by atoms with E-state index < -0.39 is 23.7 Å². The number of ether oxygens (including phenoxy) is 2. The summed E-state index contributed by atoms with van der Waals surface area (Å²) in [5.41, 5.74) is 4.54. The summed E-state index contributed by atoms with van der Waals surface area (Å²) in [5.74, 6) is 0.0398. The zero-order chi connectivity index (χ0) is 25.9. The highest BCUT2D eigenvalue weighted by Gasteiger charge is 2.47. The smallest absolute Gasteiger partial charge is 0.387 e. The molecule has 2 fully saturated rings. The minimum Gasteiger partial charge on any atom is -0.485 e. The molecule has 1 saturated carbocycles. The normalized spacial score (nSPS) is 23.4. The number of primary amides is 1. The maximum atomic E-state index is 12.3. The number of likely N-dealkylation sites (tertiary alicyclic amines) is 1. The third-order valence-electron chi connectivity index (χ3n) is 6.96. The van der Waals surface area contributed by atoms with Crippen molar-refractivity contribution in [3.05, 3.63) is 36.0 Å². The van der Waals surface area contributed by atoms with Gasteiger partial charge in [0, 0.05) is 25.3 Å². The van der Waals surface area contributed by atoms with Crippen LogP contribution in [-0.4, -0.2) is 58.3 Å². The zero-order valence-corrected chi connectivity index (χ0v) is 19.8. The molecule has 2 heterocycles. The Kier molecular flexibility index (Phi) is 7.12. The number of carbonyl (C=O) groups is 2. The van der Waals surface area contributed by atoms with Crippen molar-refractivity contribution in [3.63, 3.8) is 0 Å². The fraction of sp³-hybridized carbons (Fsp3) is 0.500. The standard InChI is InChI=1S/C24H28F2N6O4/c1-23(36-18-4-2-17(3-5-18)35-22(25)26)13-31(14-23)16-6-8-24(9-7-16,10-11-27)32-12-19(20(28)34)21(30-32)29-15-33/h2-5,12,15-16,22H,6-10,13-14H2,1H3,(H2,28,34)(H,29,30,33). The van der Waals surface area contributed by atoms with Crippen molar-refractivity contribution < 1.29 is 27.8 Å². The molecule has 0 unspecified atom stereocenters. The molecule has 1 saturated heterocycles. The number of alkyl halides is 2. The molecule has 3 N–H and O–H groups in total. The van der Waals surface area contributed by atoms with E-state index in [-0.39, 0.29) is 23.6 Å². The Bertz CT molecular complexity index is 1130. The van der Waals surface area contributed by atoms with Gasteiger partial charge in [-0.05, 0) is 56.9 Å². The Labute approximate surface area is 206 Å². The summed E-state index contributed by atoms with van der Waals surface area (Å²) in [6, 6.07) is 8.67. The van der Waals surface area contributed by atoms with Crippen LogP contribution < -0.4 is 20.5 Å². The first-order valence-corrected chi connectivity index (χ1v) is 11.6. The van der Waals surface area contributed by atoms with Gasteiger partial charge in [-0.15, -0.1) is 0 Å². The number of nitrogens with two attached hydrogens (primary N) is 1. The molecule has 1 aromatic heterocycles. The van der Waals surface area contributed by atoms with Gasteiger partial charge in [-0.2, -0.15) is 19.1 Å². The van der Waals surface area contributed by atoms with E-state index in [0.717, 1.165) is 12.8 Å². The molecular weight excluding hydrogens is 474 g/mol. The highest BCUT2D eigenvalue weighted by atomic mass is 19.3. The van der Waals surface area contributed by atoms with Crippen molar-refractivity contribution in [2.24, 2.45) is 5.73 Å². The largest absolute Gasteiger partial charge is 0.485 e. The average molecular weight is 503 g/mol. The quantitative estimate of drug-likeness (QED) is 0.477. The first-order valence-electron chi connectivity index (χ1n) is 11.6. The summed E-state index contributed by atoms with van der Waals surface area (Å²) in [6.07, 6.45) is 5.14. The molecule has 0 radical (unpaired) electrons. The minimum absolute atomic E-state index is 0.0787. The van der Waals surface area contributed by atoms with Gasteiger partial charge in [-0.25, -0.2) is 0 Å². The topological polar surface area (TPSA) is 136 Å². The monoisotopic (exact) mass is 502 g/mol. The molecule has 10 nitrogen and oxygen atoms in total. The SMILES string of the molecule is CC1(Oc2ccc(OC(F)F)cc2)CN(C2CCC(CC#N)(n3cc(C(N)=O)c(NC=O)n3)CC2)C1. The third kappa shape index (κ3) is 5.26. The number of aromatic nitrogens is 2. The Hall–Kier alpha value is -3.72.